The summed E-state index contributed by atoms with van der Waals surface area (Å²) in [7, 11) is 0. The molecule has 0 aliphatic carbocycles. The van der Waals surface area contributed by atoms with Crippen molar-refractivity contribution in [2.45, 2.75) is 32.8 Å². The van der Waals surface area contributed by atoms with Gasteiger partial charge in [0.1, 0.15) is 11.2 Å². The van der Waals surface area contributed by atoms with Crippen molar-refractivity contribution in [2.24, 2.45) is 5.41 Å². The molecule has 10 heteroatoms. The van der Waals surface area contributed by atoms with E-state index in [-0.39, 0.29) is 38.3 Å². The van der Waals surface area contributed by atoms with Crippen molar-refractivity contribution >= 4 is 18.3 Å². The Hall–Kier alpha value is -3.27. The minimum Gasteiger partial charge on any atom is -0.483 e. The van der Waals surface area contributed by atoms with E-state index in [0.29, 0.717) is 22.5 Å². The number of H-pyrrole nitrogens is 1. The van der Waals surface area contributed by atoms with Gasteiger partial charge in [0, 0.05) is 18.8 Å². The minimum absolute atomic E-state index is 0.0750. The summed E-state index contributed by atoms with van der Waals surface area (Å²) < 4.78 is 13.5. The first kappa shape index (κ1) is 23.0. The Morgan fingerprint density at radius 3 is 2.60 bits per heavy atom. The largest absolute Gasteiger partial charge is 0.483 e. The number of hydrogen-bond donors (Lipinski definition) is 4. The molecule has 1 fully saturated rings. The number of aromatic nitrogens is 2. The van der Waals surface area contributed by atoms with Gasteiger partial charge in [0.15, 0.2) is 0 Å². The Morgan fingerprint density at radius 2 is 2.07 bits per heavy atom. The van der Waals surface area contributed by atoms with Crippen molar-refractivity contribution in [1.82, 2.24) is 15.1 Å². The second kappa shape index (κ2) is 9.49. The van der Waals surface area contributed by atoms with Gasteiger partial charge in [-0.25, -0.2) is 4.39 Å². The van der Waals surface area contributed by atoms with Gasteiger partial charge in [0.05, 0.1) is 17.4 Å². The van der Waals surface area contributed by atoms with Crippen LogP contribution in [0, 0.1) is 25.1 Å². The van der Waals surface area contributed by atoms with Crippen LogP contribution in [0.15, 0.2) is 24.3 Å². The summed E-state index contributed by atoms with van der Waals surface area (Å²) >= 11 is 0. The van der Waals surface area contributed by atoms with Crippen LogP contribution in [0.3, 0.4) is 0 Å². The number of benzene rings is 1. The maximum atomic E-state index is 13.5. The molecule has 4 N–H and O–H groups in total. The number of carboxylic acids is 1. The monoisotopic (exact) mass is 421 g/mol. The van der Waals surface area contributed by atoms with E-state index in [9.17, 15) is 24.2 Å². The van der Waals surface area contributed by atoms with Crippen LogP contribution in [-0.2, 0) is 16.0 Å². The lowest BCUT2D eigenvalue weighted by molar-refractivity contribution is -0.161. The number of hydrogen-bond acceptors (Lipinski definition) is 5. The molecule has 3 rings (SSSR count). The van der Waals surface area contributed by atoms with E-state index >= 15 is 0 Å². The topological polar surface area (TPSA) is 144 Å². The molecule has 1 aliphatic heterocycles. The summed E-state index contributed by atoms with van der Waals surface area (Å²) in [5, 5.41) is 34.1. The number of nitrogens with one attached hydrogen (secondary N) is 1. The van der Waals surface area contributed by atoms with E-state index in [1.807, 2.05) is 0 Å². The van der Waals surface area contributed by atoms with Gasteiger partial charge in [-0.3, -0.25) is 19.5 Å². The summed E-state index contributed by atoms with van der Waals surface area (Å²) in [6, 6.07) is 5.64. The third-order valence-electron chi connectivity index (χ3n) is 5.25. The van der Waals surface area contributed by atoms with Crippen molar-refractivity contribution in [3.8, 4) is 0 Å². The van der Waals surface area contributed by atoms with E-state index in [4.69, 9.17) is 9.90 Å². The number of aromatic amines is 1. The molecule has 1 aromatic heterocycles. The molecule has 0 bridgehead atoms. The Kier molecular flexibility index (Phi) is 7.28. The lowest BCUT2D eigenvalue weighted by Crippen LogP contribution is -2.58. The van der Waals surface area contributed by atoms with Crippen LogP contribution in [0.1, 0.15) is 33.7 Å². The number of aryl methyl sites for hydroxylation is 2. The Labute approximate surface area is 172 Å². The van der Waals surface area contributed by atoms with Gasteiger partial charge < -0.3 is 20.2 Å². The van der Waals surface area contributed by atoms with Crippen LogP contribution in [0.2, 0.25) is 0 Å². The second-order valence-electron chi connectivity index (χ2n) is 7.21. The summed E-state index contributed by atoms with van der Waals surface area (Å²) in [4.78, 5) is 34.9. The third kappa shape index (κ3) is 4.65. The van der Waals surface area contributed by atoms with Crippen molar-refractivity contribution in [3.63, 3.8) is 0 Å². The first-order valence-electron chi connectivity index (χ1n) is 9.21. The molecule has 1 saturated heterocycles. The summed E-state index contributed by atoms with van der Waals surface area (Å²) in [6.45, 7) is 3.25. The smallest absolute Gasteiger partial charge is 0.314 e. The maximum absolute atomic E-state index is 13.5. The molecule has 30 heavy (non-hydrogen) atoms. The molecule has 1 amide bonds. The molecule has 9 nitrogen and oxygen atoms in total. The minimum atomic E-state index is -1.60. The van der Waals surface area contributed by atoms with Crippen LogP contribution in [0.25, 0.3) is 0 Å². The summed E-state index contributed by atoms with van der Waals surface area (Å²) in [5.74, 6) is -2.01. The number of piperidine rings is 1. The first-order chi connectivity index (χ1) is 14.2. The normalized spacial score (nSPS) is 20.8. The maximum Gasteiger partial charge on any atom is 0.314 e. The highest BCUT2D eigenvalue weighted by Crippen LogP contribution is 2.35. The Bertz CT molecular complexity index is 912. The number of nitrogens with zero attached hydrogens (tertiary/aromatic N) is 2. The van der Waals surface area contributed by atoms with E-state index in [1.54, 1.807) is 19.9 Å². The number of aliphatic hydroxyl groups excluding tert-OH is 1. The van der Waals surface area contributed by atoms with Crippen LogP contribution in [0.5, 0.6) is 0 Å². The molecule has 1 aromatic carbocycles. The number of carbonyl (C=O) groups excluding carboxylic acids is 1. The summed E-state index contributed by atoms with van der Waals surface area (Å²) in [5.41, 5.74) is 0.412. The zero-order chi connectivity index (χ0) is 22.5. The van der Waals surface area contributed by atoms with Crippen LogP contribution in [-0.4, -0.2) is 68.0 Å². The fourth-order valence-corrected chi connectivity index (χ4v) is 3.75. The Balaban J connectivity index is 0.00000101. The molecule has 162 valence electrons. The fourth-order valence-electron chi connectivity index (χ4n) is 3.75. The highest BCUT2D eigenvalue weighted by atomic mass is 19.1. The zero-order valence-electron chi connectivity index (χ0n) is 16.6. The van der Waals surface area contributed by atoms with Gasteiger partial charge in [0.25, 0.3) is 12.4 Å². The Morgan fingerprint density at radius 1 is 1.40 bits per heavy atom. The third-order valence-corrected chi connectivity index (χ3v) is 5.25. The van der Waals surface area contributed by atoms with Crippen molar-refractivity contribution < 1.29 is 34.1 Å². The summed E-state index contributed by atoms with van der Waals surface area (Å²) in [6.07, 6.45) is -1.09. The number of carboxylic acid groups (broad SMARTS) is 2. The van der Waals surface area contributed by atoms with Gasteiger partial charge >= 0.3 is 5.97 Å². The average molecular weight is 421 g/mol. The van der Waals surface area contributed by atoms with Crippen molar-refractivity contribution in [2.75, 3.05) is 13.1 Å². The number of halogens is 1. The van der Waals surface area contributed by atoms with E-state index < -0.39 is 23.3 Å². The fraction of sp³-hybridized carbons (Fsp3) is 0.400. The number of aliphatic carboxylic acids is 1. The molecule has 2 atom stereocenters. The average Bonchev–Trinajstić information content (AvgIpc) is 3.02. The van der Waals surface area contributed by atoms with Gasteiger partial charge in [-0.2, -0.15) is 5.10 Å². The SMILES string of the molecule is Cc1n[nH]c(C)c1C(=O)N1CC[C@H](O)[C@](Cc2cccc(F)c2)(C(=O)O)C1.O=CO. The quantitative estimate of drug-likeness (QED) is 0.546. The number of likely N-dealkylation sites (tertiary alicyclic amines) is 1. The van der Waals surface area contributed by atoms with Gasteiger partial charge in [-0.15, -0.1) is 0 Å². The lowest BCUT2D eigenvalue weighted by Gasteiger charge is -2.43. The number of aliphatic hydroxyl groups is 1. The second-order valence-corrected chi connectivity index (χ2v) is 7.21. The molecule has 0 spiro atoms. The first-order valence-corrected chi connectivity index (χ1v) is 9.21. The molecular weight excluding hydrogens is 397 g/mol. The van der Waals surface area contributed by atoms with E-state index in [1.165, 1.54) is 23.1 Å². The van der Waals surface area contributed by atoms with Gasteiger partial charge in [-0.1, -0.05) is 12.1 Å². The van der Waals surface area contributed by atoms with Crippen LogP contribution >= 0.6 is 0 Å². The molecular formula is C20H24FN3O6. The van der Waals surface area contributed by atoms with Gasteiger partial charge in [0.2, 0.25) is 0 Å². The van der Waals surface area contributed by atoms with Crippen molar-refractivity contribution in [1.29, 1.82) is 0 Å². The number of rotatable bonds is 4. The number of amides is 1. The molecule has 2 heterocycles. The van der Waals surface area contributed by atoms with Crippen molar-refractivity contribution in [3.05, 3.63) is 52.6 Å². The van der Waals surface area contributed by atoms with Crippen LogP contribution in [0.4, 0.5) is 4.39 Å². The standard InChI is InChI=1S/C19H22FN3O4.CH2O2/c1-11-16(12(2)22-21-11)17(25)23-7-6-15(24)19(10-23,18(26)27)9-13-4-3-5-14(20)8-13;2-1-3/h3-5,8,15,24H,6-7,9-10H2,1-2H3,(H,21,22)(H,26,27);1H,(H,2,3)/t15-,19+;/m0./s1. The van der Waals surface area contributed by atoms with E-state index in [0.717, 1.165) is 0 Å². The molecule has 1 aliphatic rings. The highest BCUT2D eigenvalue weighted by Gasteiger charge is 2.50. The molecule has 0 unspecified atom stereocenters. The van der Waals surface area contributed by atoms with E-state index in [2.05, 4.69) is 10.2 Å². The molecule has 2 aromatic rings. The van der Waals surface area contributed by atoms with Crippen LogP contribution < -0.4 is 0 Å². The highest BCUT2D eigenvalue weighted by molar-refractivity contribution is 5.96. The lowest BCUT2D eigenvalue weighted by atomic mass is 9.72. The predicted octanol–water partition coefficient (Wildman–Crippen LogP) is 1.39. The molecule has 0 radical (unpaired) electrons. The zero-order valence-corrected chi connectivity index (χ0v) is 16.6. The predicted molar refractivity (Wildman–Crippen MR) is 103 cm³/mol. The molecule has 0 saturated carbocycles. The van der Waals surface area contributed by atoms with Gasteiger partial charge in [-0.05, 0) is 44.4 Å². The number of carbonyl (C=O) groups is 3.